The second-order valence-electron chi connectivity index (χ2n) is 5.21. The molecule has 0 aromatic rings. The summed E-state index contributed by atoms with van der Waals surface area (Å²) in [6, 6.07) is 0. The lowest BCUT2D eigenvalue weighted by molar-refractivity contribution is -0.118. The van der Waals surface area contributed by atoms with Gasteiger partial charge in [0.1, 0.15) is 0 Å². The Morgan fingerprint density at radius 2 is 2.00 bits per heavy atom. The monoisotopic (exact) mass is 260 g/mol. The van der Waals surface area contributed by atoms with Crippen molar-refractivity contribution in [2.24, 2.45) is 0 Å². The summed E-state index contributed by atoms with van der Waals surface area (Å²) in [6.45, 7) is 11.6. The van der Waals surface area contributed by atoms with Crippen LogP contribution in [0.3, 0.4) is 0 Å². The van der Waals surface area contributed by atoms with Crippen LogP contribution in [-0.4, -0.2) is 60.7 Å². The molecule has 0 saturated carbocycles. The van der Waals surface area contributed by atoms with Crippen molar-refractivity contribution in [3.05, 3.63) is 0 Å². The molecule has 0 radical (unpaired) electrons. The van der Waals surface area contributed by atoms with Crippen LogP contribution in [0.25, 0.3) is 0 Å². The SMILES string of the molecule is CC(C)(C)SCC(=O)NCCN1CCOCC1. The topological polar surface area (TPSA) is 41.6 Å². The summed E-state index contributed by atoms with van der Waals surface area (Å²) < 4.78 is 5.43. The van der Waals surface area contributed by atoms with Gasteiger partial charge in [0, 0.05) is 30.9 Å². The quantitative estimate of drug-likeness (QED) is 0.800. The molecule has 0 atom stereocenters. The fraction of sp³-hybridized carbons (Fsp3) is 0.917. The van der Waals surface area contributed by atoms with Gasteiger partial charge in [0.2, 0.25) is 5.91 Å². The first kappa shape index (κ1) is 14.8. The van der Waals surface area contributed by atoms with E-state index in [2.05, 4.69) is 31.0 Å². The lowest BCUT2D eigenvalue weighted by Crippen LogP contribution is -2.41. The van der Waals surface area contributed by atoms with Crippen molar-refractivity contribution >= 4 is 17.7 Å². The second kappa shape index (κ2) is 7.24. The third-order valence-corrected chi connectivity index (χ3v) is 3.76. The lowest BCUT2D eigenvalue weighted by atomic mass is 10.3. The van der Waals surface area contributed by atoms with Gasteiger partial charge in [-0.05, 0) is 0 Å². The molecule has 0 bridgehead atoms. The van der Waals surface area contributed by atoms with Gasteiger partial charge in [0.05, 0.1) is 19.0 Å². The maximum absolute atomic E-state index is 11.6. The zero-order valence-corrected chi connectivity index (χ0v) is 11.9. The van der Waals surface area contributed by atoms with Crippen LogP contribution in [0.4, 0.5) is 0 Å². The van der Waals surface area contributed by atoms with E-state index in [9.17, 15) is 4.79 Å². The molecule has 1 rings (SSSR count). The molecule has 0 aromatic carbocycles. The van der Waals surface area contributed by atoms with E-state index in [4.69, 9.17) is 4.74 Å². The maximum atomic E-state index is 11.6. The van der Waals surface area contributed by atoms with E-state index in [0.717, 1.165) is 39.4 Å². The highest BCUT2D eigenvalue weighted by Crippen LogP contribution is 2.22. The first-order valence-corrected chi connectivity index (χ1v) is 7.17. The predicted molar refractivity (Wildman–Crippen MR) is 72.5 cm³/mol. The summed E-state index contributed by atoms with van der Waals surface area (Å²) in [4.78, 5) is 13.9. The molecule has 1 saturated heterocycles. The molecule has 4 nitrogen and oxygen atoms in total. The van der Waals surface area contributed by atoms with Crippen molar-refractivity contribution in [1.29, 1.82) is 0 Å². The zero-order valence-electron chi connectivity index (χ0n) is 11.1. The lowest BCUT2D eigenvalue weighted by Gasteiger charge is -2.26. The van der Waals surface area contributed by atoms with Crippen molar-refractivity contribution in [3.8, 4) is 0 Å². The number of rotatable bonds is 5. The van der Waals surface area contributed by atoms with E-state index in [1.54, 1.807) is 11.8 Å². The van der Waals surface area contributed by atoms with Gasteiger partial charge in [-0.1, -0.05) is 20.8 Å². The van der Waals surface area contributed by atoms with Crippen molar-refractivity contribution in [2.75, 3.05) is 45.1 Å². The molecule has 100 valence electrons. The average molecular weight is 260 g/mol. The Labute approximate surface area is 108 Å². The number of thioether (sulfide) groups is 1. The van der Waals surface area contributed by atoms with E-state index in [-0.39, 0.29) is 10.7 Å². The fourth-order valence-electron chi connectivity index (χ4n) is 1.51. The largest absolute Gasteiger partial charge is 0.379 e. The first-order valence-electron chi connectivity index (χ1n) is 6.18. The first-order chi connectivity index (χ1) is 7.97. The van der Waals surface area contributed by atoms with Crippen LogP contribution in [0.5, 0.6) is 0 Å². The Hall–Kier alpha value is -0.260. The molecule has 1 fully saturated rings. The average Bonchev–Trinajstić information content (AvgIpc) is 2.27. The third-order valence-electron chi connectivity index (χ3n) is 2.49. The third kappa shape index (κ3) is 7.63. The molecule has 0 aromatic heterocycles. The minimum atomic E-state index is 0.137. The van der Waals surface area contributed by atoms with Crippen LogP contribution in [0.2, 0.25) is 0 Å². The molecule has 0 unspecified atom stereocenters. The van der Waals surface area contributed by atoms with Gasteiger partial charge in [0.15, 0.2) is 0 Å². The van der Waals surface area contributed by atoms with E-state index in [1.165, 1.54) is 0 Å². The van der Waals surface area contributed by atoms with Crippen LogP contribution in [0, 0.1) is 0 Å². The van der Waals surface area contributed by atoms with Crippen molar-refractivity contribution in [3.63, 3.8) is 0 Å². The van der Waals surface area contributed by atoms with Gasteiger partial charge in [-0.25, -0.2) is 0 Å². The van der Waals surface area contributed by atoms with E-state index in [1.807, 2.05) is 0 Å². The normalized spacial score (nSPS) is 18.1. The molecule has 0 aliphatic carbocycles. The summed E-state index contributed by atoms with van der Waals surface area (Å²) in [6.07, 6.45) is 0. The number of amides is 1. The fourth-order valence-corrected chi connectivity index (χ4v) is 2.18. The molecule has 17 heavy (non-hydrogen) atoms. The molecule has 1 aliphatic heterocycles. The predicted octanol–water partition coefficient (Wildman–Crippen LogP) is 0.966. The summed E-state index contributed by atoms with van der Waals surface area (Å²) in [5.41, 5.74) is 0. The zero-order chi connectivity index (χ0) is 12.7. The van der Waals surface area contributed by atoms with E-state index in [0.29, 0.717) is 5.75 Å². The van der Waals surface area contributed by atoms with Crippen molar-refractivity contribution in [2.45, 2.75) is 25.5 Å². The van der Waals surface area contributed by atoms with E-state index < -0.39 is 0 Å². The Bertz CT molecular complexity index is 235. The van der Waals surface area contributed by atoms with Gasteiger partial charge in [-0.15, -0.1) is 11.8 Å². The molecular formula is C12H24N2O2S. The van der Waals surface area contributed by atoms with Crippen LogP contribution in [0.15, 0.2) is 0 Å². The van der Waals surface area contributed by atoms with Gasteiger partial charge in [0.25, 0.3) is 0 Å². The number of ether oxygens (including phenoxy) is 1. The summed E-state index contributed by atoms with van der Waals surface area (Å²) >= 11 is 1.68. The smallest absolute Gasteiger partial charge is 0.230 e. The minimum absolute atomic E-state index is 0.137. The molecule has 0 spiro atoms. The van der Waals surface area contributed by atoms with Crippen molar-refractivity contribution in [1.82, 2.24) is 10.2 Å². The summed E-state index contributed by atoms with van der Waals surface area (Å²) in [5.74, 6) is 0.685. The Morgan fingerprint density at radius 1 is 1.35 bits per heavy atom. The van der Waals surface area contributed by atoms with Crippen LogP contribution in [0.1, 0.15) is 20.8 Å². The van der Waals surface area contributed by atoms with E-state index >= 15 is 0 Å². The molecule has 1 amide bonds. The number of hydrogen-bond donors (Lipinski definition) is 1. The summed E-state index contributed by atoms with van der Waals surface area (Å²) in [5, 5.41) is 2.96. The highest BCUT2D eigenvalue weighted by atomic mass is 32.2. The van der Waals surface area contributed by atoms with Gasteiger partial charge in [-0.3, -0.25) is 9.69 Å². The molecule has 1 heterocycles. The highest BCUT2D eigenvalue weighted by molar-refractivity contribution is 8.01. The summed E-state index contributed by atoms with van der Waals surface area (Å²) in [7, 11) is 0. The van der Waals surface area contributed by atoms with Crippen LogP contribution in [-0.2, 0) is 9.53 Å². The molecular weight excluding hydrogens is 236 g/mol. The number of morpholine rings is 1. The van der Waals surface area contributed by atoms with Crippen molar-refractivity contribution < 1.29 is 9.53 Å². The van der Waals surface area contributed by atoms with Crippen LogP contribution < -0.4 is 5.32 Å². The van der Waals surface area contributed by atoms with Gasteiger partial charge in [-0.2, -0.15) is 0 Å². The van der Waals surface area contributed by atoms with Gasteiger partial charge >= 0.3 is 0 Å². The molecule has 1 aliphatic rings. The maximum Gasteiger partial charge on any atom is 0.230 e. The number of nitrogens with one attached hydrogen (secondary N) is 1. The van der Waals surface area contributed by atoms with Gasteiger partial charge < -0.3 is 10.1 Å². The molecule has 5 heteroatoms. The second-order valence-corrected chi connectivity index (χ2v) is 7.01. The van der Waals surface area contributed by atoms with Crippen LogP contribution >= 0.6 is 11.8 Å². The number of nitrogens with zero attached hydrogens (tertiary/aromatic N) is 1. The Morgan fingerprint density at radius 3 is 2.59 bits per heavy atom. The number of carbonyl (C=O) groups is 1. The Kier molecular flexibility index (Phi) is 6.30. The highest BCUT2D eigenvalue weighted by Gasteiger charge is 2.14. The molecule has 1 N–H and O–H groups in total. The number of hydrogen-bond acceptors (Lipinski definition) is 4. The number of carbonyl (C=O) groups excluding carboxylic acids is 1. The standard InChI is InChI=1S/C12H24N2O2S/c1-12(2,3)17-10-11(15)13-4-5-14-6-8-16-9-7-14/h4-10H2,1-3H3,(H,13,15). The Balaban J connectivity index is 2.03. The minimum Gasteiger partial charge on any atom is -0.379 e.